The van der Waals surface area contributed by atoms with Gasteiger partial charge in [-0.15, -0.1) is 0 Å². The van der Waals surface area contributed by atoms with Gasteiger partial charge < -0.3 is 15.0 Å². The zero-order chi connectivity index (χ0) is 14.1. The highest BCUT2D eigenvalue weighted by atomic mass is 16.5. The lowest BCUT2D eigenvalue weighted by Crippen LogP contribution is -2.31. The Morgan fingerprint density at radius 1 is 1.37 bits per heavy atom. The molecule has 4 heteroatoms. The Morgan fingerprint density at radius 2 is 2.16 bits per heavy atom. The zero-order valence-corrected chi connectivity index (χ0v) is 12.6. The van der Waals surface area contributed by atoms with Crippen LogP contribution in [0.25, 0.3) is 0 Å². The first-order valence-electron chi connectivity index (χ1n) is 7.12. The van der Waals surface area contributed by atoms with Gasteiger partial charge in [0.25, 0.3) is 0 Å². The first-order chi connectivity index (χ1) is 9.17. The van der Waals surface area contributed by atoms with Gasteiger partial charge in [0.1, 0.15) is 11.6 Å². The molecule has 0 radical (unpaired) electrons. The van der Waals surface area contributed by atoms with Crippen LogP contribution in [0.3, 0.4) is 0 Å². The number of pyridine rings is 1. The SMILES string of the molecule is CCCNc1cccc(N(CCOC)CC(C)C)n1. The van der Waals surface area contributed by atoms with Crippen LogP contribution in [0.2, 0.25) is 0 Å². The number of nitrogens with zero attached hydrogens (tertiary/aromatic N) is 2. The summed E-state index contributed by atoms with van der Waals surface area (Å²) in [6, 6.07) is 6.14. The van der Waals surface area contributed by atoms with Crippen molar-refractivity contribution in [1.29, 1.82) is 0 Å². The second kappa shape index (κ2) is 8.75. The summed E-state index contributed by atoms with van der Waals surface area (Å²) in [4.78, 5) is 6.96. The highest BCUT2D eigenvalue weighted by Crippen LogP contribution is 2.15. The molecule has 19 heavy (non-hydrogen) atoms. The monoisotopic (exact) mass is 265 g/mol. The van der Waals surface area contributed by atoms with Crippen LogP contribution in [0.1, 0.15) is 27.2 Å². The molecule has 0 spiro atoms. The van der Waals surface area contributed by atoms with E-state index in [2.05, 4.69) is 48.1 Å². The Morgan fingerprint density at radius 3 is 2.79 bits per heavy atom. The molecule has 0 aromatic carbocycles. The van der Waals surface area contributed by atoms with E-state index in [1.54, 1.807) is 7.11 Å². The van der Waals surface area contributed by atoms with Crippen LogP contribution in [0.15, 0.2) is 18.2 Å². The van der Waals surface area contributed by atoms with Crippen molar-refractivity contribution in [3.63, 3.8) is 0 Å². The van der Waals surface area contributed by atoms with E-state index in [0.717, 1.165) is 44.3 Å². The average Bonchev–Trinajstić information content (AvgIpc) is 2.41. The molecule has 0 aliphatic rings. The third kappa shape index (κ3) is 5.92. The molecule has 4 nitrogen and oxygen atoms in total. The summed E-state index contributed by atoms with van der Waals surface area (Å²) in [5.74, 6) is 2.57. The topological polar surface area (TPSA) is 37.4 Å². The largest absolute Gasteiger partial charge is 0.383 e. The molecule has 0 fully saturated rings. The van der Waals surface area contributed by atoms with Gasteiger partial charge in [-0.2, -0.15) is 0 Å². The molecule has 1 aromatic heterocycles. The molecule has 0 saturated carbocycles. The van der Waals surface area contributed by atoms with Crippen molar-refractivity contribution in [2.45, 2.75) is 27.2 Å². The van der Waals surface area contributed by atoms with E-state index in [1.165, 1.54) is 0 Å². The lowest BCUT2D eigenvalue weighted by molar-refractivity contribution is 0.204. The number of hydrogen-bond donors (Lipinski definition) is 1. The Hall–Kier alpha value is -1.29. The highest BCUT2D eigenvalue weighted by molar-refractivity contribution is 5.47. The van der Waals surface area contributed by atoms with Gasteiger partial charge in [0.2, 0.25) is 0 Å². The van der Waals surface area contributed by atoms with Gasteiger partial charge in [0.15, 0.2) is 0 Å². The summed E-state index contributed by atoms with van der Waals surface area (Å²) in [6.45, 7) is 10.1. The first kappa shape index (κ1) is 15.8. The van der Waals surface area contributed by atoms with Crippen molar-refractivity contribution in [2.24, 2.45) is 5.92 Å². The molecule has 0 atom stereocenters. The van der Waals surface area contributed by atoms with Gasteiger partial charge >= 0.3 is 0 Å². The average molecular weight is 265 g/mol. The summed E-state index contributed by atoms with van der Waals surface area (Å²) in [6.07, 6.45) is 1.10. The van der Waals surface area contributed by atoms with Crippen molar-refractivity contribution < 1.29 is 4.74 Å². The third-order valence-electron chi connectivity index (χ3n) is 2.77. The minimum atomic E-state index is 0.603. The molecule has 1 N–H and O–H groups in total. The number of methoxy groups -OCH3 is 1. The summed E-state index contributed by atoms with van der Waals surface area (Å²) in [5.41, 5.74) is 0. The van der Waals surface area contributed by atoms with E-state index in [1.807, 2.05) is 6.07 Å². The molecule has 1 heterocycles. The van der Waals surface area contributed by atoms with Crippen molar-refractivity contribution in [3.05, 3.63) is 18.2 Å². The molecule has 1 rings (SSSR count). The van der Waals surface area contributed by atoms with Crippen LogP contribution in [-0.2, 0) is 4.74 Å². The van der Waals surface area contributed by atoms with E-state index in [0.29, 0.717) is 5.92 Å². The number of nitrogens with one attached hydrogen (secondary N) is 1. The van der Waals surface area contributed by atoms with E-state index in [4.69, 9.17) is 4.74 Å². The molecular weight excluding hydrogens is 238 g/mol. The van der Waals surface area contributed by atoms with E-state index in [-0.39, 0.29) is 0 Å². The van der Waals surface area contributed by atoms with E-state index >= 15 is 0 Å². The maximum absolute atomic E-state index is 5.19. The van der Waals surface area contributed by atoms with Crippen LogP contribution in [0.4, 0.5) is 11.6 Å². The summed E-state index contributed by atoms with van der Waals surface area (Å²) in [5, 5.41) is 3.33. The van der Waals surface area contributed by atoms with Gasteiger partial charge in [-0.05, 0) is 24.5 Å². The molecule has 0 bridgehead atoms. The summed E-state index contributed by atoms with van der Waals surface area (Å²) < 4.78 is 5.19. The van der Waals surface area contributed by atoms with Crippen molar-refractivity contribution in [3.8, 4) is 0 Å². The van der Waals surface area contributed by atoms with Gasteiger partial charge in [0.05, 0.1) is 6.61 Å². The molecule has 0 unspecified atom stereocenters. The molecule has 0 saturated heterocycles. The normalized spacial score (nSPS) is 10.8. The lowest BCUT2D eigenvalue weighted by atomic mass is 10.2. The lowest BCUT2D eigenvalue weighted by Gasteiger charge is -2.25. The fourth-order valence-electron chi connectivity index (χ4n) is 1.89. The number of ether oxygens (including phenoxy) is 1. The van der Waals surface area contributed by atoms with Gasteiger partial charge in [0, 0.05) is 26.7 Å². The smallest absolute Gasteiger partial charge is 0.131 e. The minimum absolute atomic E-state index is 0.603. The van der Waals surface area contributed by atoms with Crippen LogP contribution in [-0.4, -0.2) is 38.3 Å². The predicted octanol–water partition coefficient (Wildman–Crippen LogP) is 3.01. The van der Waals surface area contributed by atoms with Crippen molar-refractivity contribution in [2.75, 3.05) is 43.6 Å². The van der Waals surface area contributed by atoms with Crippen LogP contribution < -0.4 is 10.2 Å². The fraction of sp³-hybridized carbons (Fsp3) is 0.667. The molecule has 0 aliphatic heterocycles. The molecule has 0 aliphatic carbocycles. The van der Waals surface area contributed by atoms with Gasteiger partial charge in [-0.25, -0.2) is 4.98 Å². The molecule has 1 aromatic rings. The van der Waals surface area contributed by atoms with Crippen molar-refractivity contribution in [1.82, 2.24) is 4.98 Å². The standard InChI is InChI=1S/C15H27N3O/c1-5-9-16-14-7-6-8-15(17-14)18(10-11-19-4)12-13(2)3/h6-8,13H,5,9-12H2,1-4H3,(H,16,17). The molecule has 108 valence electrons. The highest BCUT2D eigenvalue weighted by Gasteiger charge is 2.10. The summed E-state index contributed by atoms with van der Waals surface area (Å²) >= 11 is 0. The zero-order valence-electron chi connectivity index (χ0n) is 12.6. The van der Waals surface area contributed by atoms with Crippen molar-refractivity contribution >= 4 is 11.6 Å². The second-order valence-electron chi connectivity index (χ2n) is 5.14. The Bertz CT molecular complexity index is 355. The molecular formula is C15H27N3O. The Balaban J connectivity index is 2.75. The fourth-order valence-corrected chi connectivity index (χ4v) is 1.89. The minimum Gasteiger partial charge on any atom is -0.383 e. The van der Waals surface area contributed by atoms with Crippen LogP contribution >= 0.6 is 0 Å². The maximum Gasteiger partial charge on any atom is 0.131 e. The second-order valence-corrected chi connectivity index (χ2v) is 5.14. The van der Waals surface area contributed by atoms with Crippen LogP contribution in [0.5, 0.6) is 0 Å². The van der Waals surface area contributed by atoms with Crippen LogP contribution in [0, 0.1) is 5.92 Å². The Kier molecular flexibility index (Phi) is 7.26. The van der Waals surface area contributed by atoms with Gasteiger partial charge in [-0.1, -0.05) is 26.8 Å². The number of rotatable bonds is 9. The Labute approximate surface area is 117 Å². The van der Waals surface area contributed by atoms with E-state index < -0.39 is 0 Å². The maximum atomic E-state index is 5.19. The number of anilines is 2. The predicted molar refractivity (Wildman–Crippen MR) is 81.9 cm³/mol. The molecule has 0 amide bonds. The van der Waals surface area contributed by atoms with Gasteiger partial charge in [-0.3, -0.25) is 0 Å². The quantitative estimate of drug-likeness (QED) is 0.745. The third-order valence-corrected chi connectivity index (χ3v) is 2.77. The first-order valence-corrected chi connectivity index (χ1v) is 7.12. The number of hydrogen-bond acceptors (Lipinski definition) is 4. The number of aromatic nitrogens is 1. The summed E-state index contributed by atoms with van der Waals surface area (Å²) in [7, 11) is 1.74. The van der Waals surface area contributed by atoms with E-state index in [9.17, 15) is 0 Å².